The average molecular weight is 257 g/mol. The van der Waals surface area contributed by atoms with Gasteiger partial charge in [0.25, 0.3) is 0 Å². The third kappa shape index (κ3) is 2.40. The van der Waals surface area contributed by atoms with Gasteiger partial charge in [-0.15, -0.1) is 0 Å². The van der Waals surface area contributed by atoms with E-state index in [1.54, 1.807) is 0 Å². The van der Waals surface area contributed by atoms with Crippen LogP contribution in [0.25, 0.3) is 10.8 Å². The molecule has 0 aliphatic carbocycles. The van der Waals surface area contributed by atoms with E-state index in [0.29, 0.717) is 5.25 Å². The van der Waals surface area contributed by atoms with Crippen LogP contribution in [0.15, 0.2) is 42.5 Å². The van der Waals surface area contributed by atoms with Crippen molar-refractivity contribution in [3.63, 3.8) is 0 Å². The number of nitrogens with two attached hydrogens (primary N) is 1. The number of hydrogen-bond acceptors (Lipinski definition) is 2. The van der Waals surface area contributed by atoms with Crippen LogP contribution in [-0.2, 0) is 0 Å². The fourth-order valence-electron chi connectivity index (χ4n) is 2.68. The van der Waals surface area contributed by atoms with Crippen LogP contribution < -0.4 is 5.73 Å². The summed E-state index contributed by atoms with van der Waals surface area (Å²) in [7, 11) is 0. The van der Waals surface area contributed by atoms with Gasteiger partial charge in [-0.25, -0.2) is 0 Å². The molecule has 2 heteroatoms. The fourth-order valence-corrected chi connectivity index (χ4v) is 4.05. The lowest BCUT2D eigenvalue weighted by molar-refractivity contribution is 0.582. The Balaban J connectivity index is 1.88. The molecule has 1 heterocycles. The highest BCUT2D eigenvalue weighted by atomic mass is 32.2. The second kappa shape index (κ2) is 5.33. The minimum Gasteiger partial charge on any atom is -0.323 e. The average Bonchev–Trinajstić information content (AvgIpc) is 2.47. The van der Waals surface area contributed by atoms with Crippen molar-refractivity contribution < 1.29 is 0 Å². The summed E-state index contributed by atoms with van der Waals surface area (Å²) in [5, 5.41) is 3.19. The van der Waals surface area contributed by atoms with Crippen LogP contribution in [0, 0.1) is 0 Å². The van der Waals surface area contributed by atoms with Crippen molar-refractivity contribution in [3.05, 3.63) is 48.0 Å². The van der Waals surface area contributed by atoms with E-state index >= 15 is 0 Å². The fraction of sp³-hybridized carbons (Fsp3) is 0.375. The van der Waals surface area contributed by atoms with E-state index in [1.165, 1.54) is 41.4 Å². The summed E-state index contributed by atoms with van der Waals surface area (Å²) in [5.41, 5.74) is 7.73. The third-order valence-electron chi connectivity index (χ3n) is 3.77. The van der Waals surface area contributed by atoms with Gasteiger partial charge in [-0.05, 0) is 41.0 Å². The Labute approximate surface area is 113 Å². The van der Waals surface area contributed by atoms with Crippen molar-refractivity contribution in [2.24, 2.45) is 5.73 Å². The summed E-state index contributed by atoms with van der Waals surface area (Å²) in [4.78, 5) is 0. The Kier molecular flexibility index (Phi) is 3.57. The molecule has 0 bridgehead atoms. The molecule has 94 valence electrons. The quantitative estimate of drug-likeness (QED) is 0.875. The first-order valence-corrected chi connectivity index (χ1v) is 7.75. The van der Waals surface area contributed by atoms with E-state index in [0.717, 1.165) is 0 Å². The number of thioether (sulfide) groups is 1. The minimum absolute atomic E-state index is 0.180. The van der Waals surface area contributed by atoms with Crippen LogP contribution in [0.3, 0.4) is 0 Å². The van der Waals surface area contributed by atoms with E-state index in [1.807, 2.05) is 11.8 Å². The molecule has 2 N–H and O–H groups in total. The zero-order chi connectivity index (χ0) is 12.4. The lowest BCUT2D eigenvalue weighted by atomic mass is 9.97. The first-order valence-electron chi connectivity index (χ1n) is 6.70. The summed E-state index contributed by atoms with van der Waals surface area (Å²) >= 11 is 2.05. The Bertz CT molecular complexity index is 531. The number of fused-ring (bicyclic) bond motifs is 1. The highest BCUT2D eigenvalue weighted by Gasteiger charge is 2.22. The zero-order valence-electron chi connectivity index (χ0n) is 10.5. The van der Waals surface area contributed by atoms with Gasteiger partial charge in [0.15, 0.2) is 0 Å². The van der Waals surface area contributed by atoms with Crippen LogP contribution in [0.1, 0.15) is 30.9 Å². The van der Waals surface area contributed by atoms with Gasteiger partial charge in [0.05, 0.1) is 0 Å². The summed E-state index contributed by atoms with van der Waals surface area (Å²) in [6, 6.07) is 15.3. The maximum atomic E-state index is 6.44. The first-order chi connectivity index (χ1) is 8.84. The Hall–Kier alpha value is -0.990. The van der Waals surface area contributed by atoms with Crippen LogP contribution in [-0.4, -0.2) is 11.0 Å². The molecule has 2 unspecified atom stereocenters. The molecule has 2 aromatic carbocycles. The van der Waals surface area contributed by atoms with E-state index in [-0.39, 0.29) is 6.04 Å². The Morgan fingerprint density at radius 1 is 1.06 bits per heavy atom. The van der Waals surface area contributed by atoms with Crippen molar-refractivity contribution in [2.75, 3.05) is 5.75 Å². The summed E-state index contributed by atoms with van der Waals surface area (Å²) in [6.07, 6.45) is 3.95. The third-order valence-corrected chi connectivity index (χ3v) is 5.26. The molecule has 0 aromatic heterocycles. The Morgan fingerprint density at radius 3 is 2.67 bits per heavy atom. The molecular weight excluding hydrogens is 238 g/mol. The van der Waals surface area contributed by atoms with Crippen LogP contribution in [0.5, 0.6) is 0 Å². The van der Waals surface area contributed by atoms with Gasteiger partial charge in [0.2, 0.25) is 0 Å². The van der Waals surface area contributed by atoms with Crippen molar-refractivity contribution in [1.29, 1.82) is 0 Å². The molecule has 2 atom stereocenters. The van der Waals surface area contributed by atoms with E-state index in [4.69, 9.17) is 5.73 Å². The van der Waals surface area contributed by atoms with Crippen LogP contribution in [0.4, 0.5) is 0 Å². The molecule has 0 saturated carbocycles. The lowest BCUT2D eigenvalue weighted by Crippen LogP contribution is -2.26. The normalized spacial score (nSPS) is 21.9. The second-order valence-electron chi connectivity index (χ2n) is 5.04. The molecular formula is C16H19NS. The summed E-state index contributed by atoms with van der Waals surface area (Å²) < 4.78 is 0. The predicted octanol–water partition coefficient (Wildman–Crippen LogP) is 4.13. The molecule has 1 nitrogen and oxygen atoms in total. The standard InChI is InChI=1S/C16H19NS/c17-16(15-7-3-4-10-18-15)14-9-8-12-5-1-2-6-13(12)11-14/h1-2,5-6,8-9,11,15-16H,3-4,7,10,17H2. The maximum Gasteiger partial charge on any atom is 0.0415 e. The second-order valence-corrected chi connectivity index (χ2v) is 6.38. The monoisotopic (exact) mass is 257 g/mol. The first kappa shape index (κ1) is 12.1. The molecule has 3 rings (SSSR count). The number of rotatable bonds is 2. The van der Waals surface area contributed by atoms with E-state index in [9.17, 15) is 0 Å². The number of hydrogen-bond donors (Lipinski definition) is 1. The maximum absolute atomic E-state index is 6.44. The molecule has 18 heavy (non-hydrogen) atoms. The molecule has 0 amide bonds. The molecule has 0 spiro atoms. The molecule has 1 saturated heterocycles. The van der Waals surface area contributed by atoms with Gasteiger partial charge in [-0.2, -0.15) is 11.8 Å². The van der Waals surface area contributed by atoms with Crippen molar-refractivity contribution in [3.8, 4) is 0 Å². The van der Waals surface area contributed by atoms with E-state index in [2.05, 4.69) is 42.5 Å². The molecule has 1 fully saturated rings. The molecule has 1 aliphatic rings. The van der Waals surface area contributed by atoms with Gasteiger partial charge < -0.3 is 5.73 Å². The van der Waals surface area contributed by atoms with Crippen molar-refractivity contribution in [2.45, 2.75) is 30.6 Å². The van der Waals surface area contributed by atoms with Crippen LogP contribution in [0.2, 0.25) is 0 Å². The smallest absolute Gasteiger partial charge is 0.0415 e. The van der Waals surface area contributed by atoms with Crippen molar-refractivity contribution in [1.82, 2.24) is 0 Å². The SMILES string of the molecule is NC(c1ccc2ccccc2c1)C1CCCCS1. The zero-order valence-corrected chi connectivity index (χ0v) is 11.3. The molecule has 2 aromatic rings. The van der Waals surface area contributed by atoms with Gasteiger partial charge in [0, 0.05) is 11.3 Å². The molecule has 1 aliphatic heterocycles. The largest absolute Gasteiger partial charge is 0.323 e. The Morgan fingerprint density at radius 2 is 1.89 bits per heavy atom. The van der Waals surface area contributed by atoms with Gasteiger partial charge in [0.1, 0.15) is 0 Å². The van der Waals surface area contributed by atoms with Gasteiger partial charge in [-0.1, -0.05) is 42.8 Å². The highest BCUT2D eigenvalue weighted by molar-refractivity contribution is 8.00. The van der Waals surface area contributed by atoms with Gasteiger partial charge >= 0.3 is 0 Å². The van der Waals surface area contributed by atoms with Gasteiger partial charge in [-0.3, -0.25) is 0 Å². The highest BCUT2D eigenvalue weighted by Crippen LogP contribution is 2.34. The summed E-state index contributed by atoms with van der Waals surface area (Å²) in [6.45, 7) is 0. The van der Waals surface area contributed by atoms with Crippen LogP contribution >= 0.6 is 11.8 Å². The molecule has 0 radical (unpaired) electrons. The predicted molar refractivity (Wildman–Crippen MR) is 81.0 cm³/mol. The summed E-state index contributed by atoms with van der Waals surface area (Å²) in [5.74, 6) is 1.27. The number of benzene rings is 2. The van der Waals surface area contributed by atoms with Crippen molar-refractivity contribution >= 4 is 22.5 Å². The van der Waals surface area contributed by atoms with E-state index < -0.39 is 0 Å². The lowest BCUT2D eigenvalue weighted by Gasteiger charge is -2.27. The minimum atomic E-state index is 0.180. The topological polar surface area (TPSA) is 26.0 Å².